The Morgan fingerprint density at radius 3 is 1.87 bits per heavy atom. The molecule has 0 bridgehead atoms. The van der Waals surface area contributed by atoms with Crippen LogP contribution in [0.4, 0.5) is 10.5 Å². The number of carbonyl (C=O) groups is 2. The highest BCUT2D eigenvalue weighted by Gasteiger charge is 2.18. The molecule has 0 unspecified atom stereocenters. The molecule has 1 aliphatic heterocycles. The fraction of sp³-hybridized carbons (Fsp3) is 0.231. The van der Waals surface area contributed by atoms with Crippen molar-refractivity contribution in [1.82, 2.24) is 10.2 Å². The third-order valence-electron chi connectivity index (χ3n) is 5.57. The molecule has 31 heavy (non-hydrogen) atoms. The molecule has 0 spiro atoms. The molecule has 1 saturated heterocycles. The number of hydrogen-bond donors (Lipinski definition) is 2. The van der Waals surface area contributed by atoms with Gasteiger partial charge in [-0.1, -0.05) is 72.8 Å². The molecule has 4 rings (SSSR count). The zero-order chi connectivity index (χ0) is 21.5. The average Bonchev–Trinajstić information content (AvgIpc) is 3.35. The quantitative estimate of drug-likeness (QED) is 0.612. The first-order valence-corrected chi connectivity index (χ1v) is 10.7. The van der Waals surface area contributed by atoms with E-state index in [1.807, 2.05) is 89.8 Å². The number of benzene rings is 3. The van der Waals surface area contributed by atoms with Gasteiger partial charge in [0.05, 0.1) is 12.5 Å². The summed E-state index contributed by atoms with van der Waals surface area (Å²) in [7, 11) is 0. The minimum atomic E-state index is -0.279. The van der Waals surface area contributed by atoms with Gasteiger partial charge in [-0.05, 0) is 41.7 Å². The van der Waals surface area contributed by atoms with Crippen LogP contribution in [0.1, 0.15) is 35.6 Å². The number of rotatable bonds is 6. The SMILES string of the molecule is O=C(Nc1ccc(CC(=O)N2CCCC2)cc1)NC(c1ccccc1)c1ccccc1. The largest absolute Gasteiger partial charge is 0.342 e. The number of amides is 3. The van der Waals surface area contributed by atoms with Crippen LogP contribution in [0.25, 0.3) is 0 Å². The van der Waals surface area contributed by atoms with Crippen molar-refractivity contribution in [3.05, 3.63) is 102 Å². The van der Waals surface area contributed by atoms with Crippen LogP contribution in [0, 0.1) is 0 Å². The van der Waals surface area contributed by atoms with Crippen molar-refractivity contribution in [3.8, 4) is 0 Å². The molecule has 158 valence electrons. The van der Waals surface area contributed by atoms with Crippen LogP contribution in [-0.2, 0) is 11.2 Å². The first-order chi connectivity index (χ1) is 15.2. The maximum Gasteiger partial charge on any atom is 0.319 e. The second-order valence-electron chi connectivity index (χ2n) is 7.81. The minimum absolute atomic E-state index is 0.171. The summed E-state index contributed by atoms with van der Waals surface area (Å²) in [5.74, 6) is 0.171. The smallest absolute Gasteiger partial charge is 0.319 e. The highest BCUT2D eigenvalue weighted by atomic mass is 16.2. The number of nitrogens with zero attached hydrogens (tertiary/aromatic N) is 1. The van der Waals surface area contributed by atoms with Gasteiger partial charge in [-0.15, -0.1) is 0 Å². The van der Waals surface area contributed by atoms with Gasteiger partial charge in [0.2, 0.25) is 5.91 Å². The van der Waals surface area contributed by atoms with E-state index in [9.17, 15) is 9.59 Å². The summed E-state index contributed by atoms with van der Waals surface area (Å²) < 4.78 is 0. The van der Waals surface area contributed by atoms with Crippen molar-refractivity contribution in [3.63, 3.8) is 0 Å². The van der Waals surface area contributed by atoms with Crippen molar-refractivity contribution in [1.29, 1.82) is 0 Å². The van der Waals surface area contributed by atoms with Crippen molar-refractivity contribution < 1.29 is 9.59 Å². The van der Waals surface area contributed by atoms with Crippen LogP contribution in [0.3, 0.4) is 0 Å². The van der Waals surface area contributed by atoms with Gasteiger partial charge >= 0.3 is 6.03 Å². The van der Waals surface area contributed by atoms with Gasteiger partial charge in [0.15, 0.2) is 0 Å². The first kappa shape index (κ1) is 20.7. The van der Waals surface area contributed by atoms with E-state index < -0.39 is 0 Å². The van der Waals surface area contributed by atoms with Crippen LogP contribution in [0.15, 0.2) is 84.9 Å². The maximum atomic E-state index is 12.7. The molecule has 3 aromatic rings. The highest BCUT2D eigenvalue weighted by molar-refractivity contribution is 5.90. The van der Waals surface area contributed by atoms with Crippen LogP contribution < -0.4 is 10.6 Å². The maximum absolute atomic E-state index is 12.7. The Labute approximate surface area is 183 Å². The van der Waals surface area contributed by atoms with Crippen LogP contribution in [-0.4, -0.2) is 29.9 Å². The summed E-state index contributed by atoms with van der Waals surface area (Å²) in [5.41, 5.74) is 3.67. The minimum Gasteiger partial charge on any atom is -0.342 e. The van der Waals surface area contributed by atoms with E-state index in [-0.39, 0.29) is 18.0 Å². The molecule has 0 radical (unpaired) electrons. The van der Waals surface area contributed by atoms with Crippen LogP contribution in [0.2, 0.25) is 0 Å². The van der Waals surface area contributed by atoms with Crippen molar-refractivity contribution in [2.24, 2.45) is 0 Å². The molecule has 3 aromatic carbocycles. The fourth-order valence-electron chi connectivity index (χ4n) is 3.91. The summed E-state index contributed by atoms with van der Waals surface area (Å²) in [6.07, 6.45) is 2.59. The second-order valence-corrected chi connectivity index (χ2v) is 7.81. The van der Waals surface area contributed by atoms with E-state index >= 15 is 0 Å². The number of hydrogen-bond acceptors (Lipinski definition) is 2. The molecule has 2 N–H and O–H groups in total. The third kappa shape index (κ3) is 5.51. The molecule has 0 saturated carbocycles. The lowest BCUT2D eigenvalue weighted by atomic mass is 9.99. The second kappa shape index (κ2) is 9.94. The Bertz CT molecular complexity index is 958. The molecular weight excluding hydrogens is 386 g/mol. The van der Waals surface area contributed by atoms with Gasteiger partial charge in [-0.3, -0.25) is 4.79 Å². The summed E-state index contributed by atoms with van der Waals surface area (Å²) >= 11 is 0. The molecule has 0 aromatic heterocycles. The summed E-state index contributed by atoms with van der Waals surface area (Å²) in [6, 6.07) is 26.7. The van der Waals surface area contributed by atoms with Crippen LogP contribution >= 0.6 is 0 Å². The number of anilines is 1. The topological polar surface area (TPSA) is 61.4 Å². The fourth-order valence-corrected chi connectivity index (χ4v) is 3.91. The van der Waals surface area contributed by atoms with Gasteiger partial charge in [-0.2, -0.15) is 0 Å². The number of likely N-dealkylation sites (tertiary alicyclic amines) is 1. The number of nitrogens with one attached hydrogen (secondary N) is 2. The van der Waals surface area contributed by atoms with Gasteiger partial charge in [0.1, 0.15) is 0 Å². The summed E-state index contributed by atoms with van der Waals surface area (Å²) in [5, 5.41) is 5.97. The van der Waals surface area contributed by atoms with E-state index in [4.69, 9.17) is 0 Å². The van der Waals surface area contributed by atoms with Gasteiger partial charge in [0, 0.05) is 18.8 Å². The highest BCUT2D eigenvalue weighted by Crippen LogP contribution is 2.22. The van der Waals surface area contributed by atoms with E-state index in [2.05, 4.69) is 10.6 Å². The molecule has 3 amide bonds. The lowest BCUT2D eigenvalue weighted by Crippen LogP contribution is -2.33. The van der Waals surface area contributed by atoms with Crippen LogP contribution in [0.5, 0.6) is 0 Å². The average molecular weight is 414 g/mol. The predicted molar refractivity (Wildman–Crippen MR) is 123 cm³/mol. The Kier molecular flexibility index (Phi) is 6.62. The third-order valence-corrected chi connectivity index (χ3v) is 5.57. The van der Waals surface area contributed by atoms with Gasteiger partial charge in [0.25, 0.3) is 0 Å². The Morgan fingerprint density at radius 1 is 0.774 bits per heavy atom. The molecule has 0 aliphatic carbocycles. The number of carbonyl (C=O) groups excluding carboxylic acids is 2. The molecular formula is C26H27N3O2. The molecule has 5 heteroatoms. The number of urea groups is 1. The Balaban J connectivity index is 1.39. The lowest BCUT2D eigenvalue weighted by molar-refractivity contribution is -0.129. The lowest BCUT2D eigenvalue weighted by Gasteiger charge is -2.20. The van der Waals surface area contributed by atoms with Crippen molar-refractivity contribution >= 4 is 17.6 Å². The van der Waals surface area contributed by atoms with E-state index in [1.165, 1.54) is 0 Å². The normalized spacial score (nSPS) is 13.3. The van der Waals surface area contributed by atoms with E-state index in [1.54, 1.807) is 0 Å². The molecule has 0 atom stereocenters. The standard InChI is InChI=1S/C26H27N3O2/c30-24(29-17-7-8-18-29)19-20-13-15-23(16-14-20)27-26(31)28-25(21-9-3-1-4-10-21)22-11-5-2-6-12-22/h1-6,9-16,25H,7-8,17-19H2,(H2,27,28,31). The summed E-state index contributed by atoms with van der Waals surface area (Å²) in [4.78, 5) is 27.0. The van der Waals surface area contributed by atoms with E-state index in [0.29, 0.717) is 12.1 Å². The summed E-state index contributed by atoms with van der Waals surface area (Å²) in [6.45, 7) is 1.73. The molecule has 5 nitrogen and oxygen atoms in total. The molecule has 1 fully saturated rings. The monoisotopic (exact) mass is 413 g/mol. The Morgan fingerprint density at radius 2 is 1.32 bits per heavy atom. The van der Waals surface area contributed by atoms with E-state index in [0.717, 1.165) is 42.6 Å². The first-order valence-electron chi connectivity index (χ1n) is 10.7. The zero-order valence-electron chi connectivity index (χ0n) is 17.5. The molecule has 1 aliphatic rings. The van der Waals surface area contributed by atoms with Crippen molar-refractivity contribution in [2.75, 3.05) is 18.4 Å². The zero-order valence-corrected chi connectivity index (χ0v) is 17.5. The molecule has 1 heterocycles. The Hall–Kier alpha value is -3.60. The predicted octanol–water partition coefficient (Wildman–Crippen LogP) is 4.76. The van der Waals surface area contributed by atoms with Gasteiger partial charge < -0.3 is 15.5 Å². The van der Waals surface area contributed by atoms with Gasteiger partial charge in [-0.25, -0.2) is 4.79 Å². The van der Waals surface area contributed by atoms with Crippen molar-refractivity contribution in [2.45, 2.75) is 25.3 Å².